The van der Waals surface area contributed by atoms with Gasteiger partial charge in [-0.15, -0.1) is 0 Å². The van der Waals surface area contributed by atoms with E-state index < -0.39 is 17.7 Å². The van der Waals surface area contributed by atoms with Crippen LogP contribution in [0, 0.1) is 0 Å². The van der Waals surface area contributed by atoms with Gasteiger partial charge in [0, 0.05) is 11.5 Å². The maximum Gasteiger partial charge on any atom is 0.344 e. The van der Waals surface area contributed by atoms with Crippen molar-refractivity contribution in [2.75, 3.05) is 0 Å². The summed E-state index contributed by atoms with van der Waals surface area (Å²) in [4.78, 5) is 22.6. The second-order valence-electron chi connectivity index (χ2n) is 4.67. The van der Waals surface area contributed by atoms with Crippen LogP contribution in [0.4, 0.5) is 0 Å². The van der Waals surface area contributed by atoms with Gasteiger partial charge in [0.2, 0.25) is 0 Å². The predicted molar refractivity (Wildman–Crippen MR) is 75.1 cm³/mol. The van der Waals surface area contributed by atoms with Gasteiger partial charge in [0.25, 0.3) is 0 Å². The van der Waals surface area contributed by atoms with Crippen LogP contribution in [0.1, 0.15) is 6.92 Å². The average molecular weight is 283 g/mol. The standard InChI is InChI=1S/C16H12O5/c1-9(15(17)18)20-10-6-7-12-11-4-2-3-5-13(11)16(19)21-14(12)8-10/h2-9H,1H3,(H,17,18)/p-1/t9-/m1/s1. The van der Waals surface area contributed by atoms with Crippen molar-refractivity contribution in [1.82, 2.24) is 0 Å². The van der Waals surface area contributed by atoms with Gasteiger partial charge in [0.05, 0.1) is 11.4 Å². The van der Waals surface area contributed by atoms with Crippen molar-refractivity contribution in [2.24, 2.45) is 0 Å². The molecule has 5 heteroatoms. The predicted octanol–water partition coefficient (Wildman–Crippen LogP) is 1.46. The highest BCUT2D eigenvalue weighted by atomic mass is 16.5. The zero-order valence-electron chi connectivity index (χ0n) is 11.2. The molecule has 0 aliphatic rings. The molecule has 0 aliphatic carbocycles. The van der Waals surface area contributed by atoms with Gasteiger partial charge in [-0.2, -0.15) is 0 Å². The van der Waals surface area contributed by atoms with E-state index in [1.807, 2.05) is 12.1 Å². The molecule has 0 spiro atoms. The third-order valence-electron chi connectivity index (χ3n) is 3.24. The number of carbonyl (C=O) groups excluding carboxylic acids is 1. The molecule has 0 saturated carbocycles. The van der Waals surface area contributed by atoms with Crippen LogP contribution in [0.25, 0.3) is 21.7 Å². The second-order valence-corrected chi connectivity index (χ2v) is 4.67. The number of carboxylic acids is 1. The zero-order chi connectivity index (χ0) is 15.0. The number of hydrogen-bond acceptors (Lipinski definition) is 5. The van der Waals surface area contributed by atoms with E-state index in [4.69, 9.17) is 9.15 Å². The van der Waals surface area contributed by atoms with Gasteiger partial charge in [-0.25, -0.2) is 4.79 Å². The molecule has 1 aromatic heterocycles. The van der Waals surface area contributed by atoms with Crippen molar-refractivity contribution in [3.8, 4) is 5.75 Å². The first-order chi connectivity index (χ1) is 10.1. The average Bonchev–Trinajstić information content (AvgIpc) is 2.47. The third kappa shape index (κ3) is 2.33. The summed E-state index contributed by atoms with van der Waals surface area (Å²) in [5, 5.41) is 12.7. The fourth-order valence-electron chi connectivity index (χ4n) is 2.19. The number of hydrogen-bond donors (Lipinski definition) is 0. The second kappa shape index (κ2) is 4.94. The van der Waals surface area contributed by atoms with Crippen LogP contribution in [0.3, 0.4) is 0 Å². The lowest BCUT2D eigenvalue weighted by atomic mass is 10.1. The van der Waals surface area contributed by atoms with Crippen molar-refractivity contribution in [3.63, 3.8) is 0 Å². The minimum Gasteiger partial charge on any atom is -0.546 e. The maximum absolute atomic E-state index is 11.9. The van der Waals surface area contributed by atoms with Crippen molar-refractivity contribution in [2.45, 2.75) is 13.0 Å². The molecule has 1 heterocycles. The van der Waals surface area contributed by atoms with Crippen molar-refractivity contribution in [3.05, 3.63) is 52.9 Å². The van der Waals surface area contributed by atoms with Gasteiger partial charge in [0.15, 0.2) is 0 Å². The normalized spacial score (nSPS) is 12.4. The molecule has 21 heavy (non-hydrogen) atoms. The lowest BCUT2D eigenvalue weighted by molar-refractivity contribution is -0.312. The molecule has 0 N–H and O–H groups in total. The molecule has 3 aromatic rings. The molecule has 0 aliphatic heterocycles. The Morgan fingerprint density at radius 2 is 1.86 bits per heavy atom. The molecule has 0 fully saturated rings. The molecule has 5 nitrogen and oxygen atoms in total. The Bertz CT molecular complexity index is 894. The molecule has 1 atom stereocenters. The van der Waals surface area contributed by atoms with Gasteiger partial charge >= 0.3 is 5.63 Å². The summed E-state index contributed by atoms with van der Waals surface area (Å²) in [6.45, 7) is 1.37. The highest BCUT2D eigenvalue weighted by Crippen LogP contribution is 2.26. The fraction of sp³-hybridized carbons (Fsp3) is 0.125. The largest absolute Gasteiger partial charge is 0.546 e. The van der Waals surface area contributed by atoms with Crippen molar-refractivity contribution in [1.29, 1.82) is 0 Å². The Morgan fingerprint density at radius 1 is 1.14 bits per heavy atom. The Morgan fingerprint density at radius 3 is 2.57 bits per heavy atom. The molecule has 0 bridgehead atoms. The third-order valence-corrected chi connectivity index (χ3v) is 3.24. The van der Waals surface area contributed by atoms with E-state index in [0.717, 1.165) is 10.8 Å². The molecule has 3 rings (SSSR count). The Balaban J connectivity index is 2.17. The molecule has 2 aromatic carbocycles. The fourth-order valence-corrected chi connectivity index (χ4v) is 2.19. The van der Waals surface area contributed by atoms with E-state index >= 15 is 0 Å². The van der Waals surface area contributed by atoms with E-state index in [9.17, 15) is 14.7 Å². The lowest BCUT2D eigenvalue weighted by Crippen LogP contribution is -2.37. The van der Waals surface area contributed by atoms with E-state index in [-0.39, 0.29) is 0 Å². The Kier molecular flexibility index (Phi) is 3.10. The first kappa shape index (κ1) is 13.2. The maximum atomic E-state index is 11.9. The highest BCUT2D eigenvalue weighted by Gasteiger charge is 2.10. The number of benzene rings is 2. The van der Waals surface area contributed by atoms with E-state index in [0.29, 0.717) is 16.7 Å². The minimum atomic E-state index is -1.31. The van der Waals surface area contributed by atoms with Crippen LogP contribution in [-0.2, 0) is 4.79 Å². The van der Waals surface area contributed by atoms with Crippen LogP contribution >= 0.6 is 0 Å². The quantitative estimate of drug-likeness (QED) is 0.537. The van der Waals surface area contributed by atoms with Crippen LogP contribution < -0.4 is 15.5 Å². The molecular weight excluding hydrogens is 272 g/mol. The van der Waals surface area contributed by atoms with E-state index in [1.54, 1.807) is 24.3 Å². The van der Waals surface area contributed by atoms with Gasteiger partial charge in [-0.3, -0.25) is 0 Å². The van der Waals surface area contributed by atoms with E-state index in [2.05, 4.69) is 0 Å². The Hall–Kier alpha value is -2.82. The van der Waals surface area contributed by atoms with Crippen LogP contribution in [0.5, 0.6) is 5.75 Å². The lowest BCUT2D eigenvalue weighted by Gasteiger charge is -2.15. The topological polar surface area (TPSA) is 79.6 Å². The SMILES string of the molecule is C[C@@H](Oc1ccc2c(c1)oc(=O)c1ccccc12)C(=O)[O-]. The number of aliphatic carboxylic acids is 1. The summed E-state index contributed by atoms with van der Waals surface area (Å²) in [6.07, 6.45) is -1.09. The smallest absolute Gasteiger partial charge is 0.344 e. The van der Waals surface area contributed by atoms with Gasteiger partial charge in [0.1, 0.15) is 17.4 Å². The number of ether oxygens (including phenoxy) is 1. The van der Waals surface area contributed by atoms with Crippen LogP contribution in [0.15, 0.2) is 51.7 Å². The van der Waals surface area contributed by atoms with Crippen LogP contribution in [0.2, 0.25) is 0 Å². The van der Waals surface area contributed by atoms with Crippen LogP contribution in [-0.4, -0.2) is 12.1 Å². The molecule has 0 amide bonds. The van der Waals surface area contributed by atoms with Gasteiger partial charge in [-0.1, -0.05) is 18.2 Å². The first-order valence-corrected chi connectivity index (χ1v) is 6.39. The summed E-state index contributed by atoms with van der Waals surface area (Å²) >= 11 is 0. The van der Waals surface area contributed by atoms with Gasteiger partial charge in [-0.05, 0) is 30.5 Å². The number of carboxylic acid groups (broad SMARTS) is 1. The molecule has 0 radical (unpaired) electrons. The molecule has 0 unspecified atom stereocenters. The number of rotatable bonds is 3. The summed E-state index contributed by atoms with van der Waals surface area (Å²) in [7, 11) is 0. The minimum absolute atomic E-state index is 0.303. The monoisotopic (exact) mass is 283 g/mol. The summed E-state index contributed by atoms with van der Waals surface area (Å²) in [5.41, 5.74) is -0.0926. The highest BCUT2D eigenvalue weighted by molar-refractivity contribution is 6.04. The first-order valence-electron chi connectivity index (χ1n) is 6.39. The zero-order valence-corrected chi connectivity index (χ0v) is 11.2. The Labute approximate surface area is 119 Å². The number of carbonyl (C=O) groups is 1. The molecule has 106 valence electrons. The molecule has 0 saturated heterocycles. The summed E-state index contributed by atoms with van der Waals surface area (Å²) < 4.78 is 10.5. The van der Waals surface area contributed by atoms with Crippen molar-refractivity contribution >= 4 is 27.7 Å². The van der Waals surface area contributed by atoms with E-state index in [1.165, 1.54) is 13.0 Å². The van der Waals surface area contributed by atoms with Gasteiger partial charge < -0.3 is 19.1 Å². The van der Waals surface area contributed by atoms with Crippen molar-refractivity contribution < 1.29 is 19.1 Å². The summed E-state index contributed by atoms with van der Waals surface area (Å²) in [6, 6.07) is 12.0. The summed E-state index contributed by atoms with van der Waals surface area (Å²) in [5.74, 6) is -1.01. The molecular formula is C16H11O5-. The number of fused-ring (bicyclic) bond motifs is 3.